The highest BCUT2D eigenvalue weighted by Gasteiger charge is 2.34. The molecule has 0 saturated carbocycles. The Labute approximate surface area is 170 Å². The predicted molar refractivity (Wildman–Crippen MR) is 102 cm³/mol. The maximum absolute atomic E-state index is 12.9. The third kappa shape index (κ3) is 5.47. The Bertz CT molecular complexity index is 932. The first-order valence-electron chi connectivity index (χ1n) is 8.09. The van der Waals surface area contributed by atoms with Gasteiger partial charge >= 0.3 is 6.18 Å². The molecule has 1 heterocycles. The van der Waals surface area contributed by atoms with Gasteiger partial charge in [-0.25, -0.2) is 13.1 Å². The summed E-state index contributed by atoms with van der Waals surface area (Å²) >= 11 is 7.00. The number of hydrogen-bond acceptors (Lipinski definition) is 4. The van der Waals surface area contributed by atoms with Gasteiger partial charge in [-0.1, -0.05) is 17.7 Å². The summed E-state index contributed by atoms with van der Waals surface area (Å²) in [7, 11) is -2.61. The summed E-state index contributed by atoms with van der Waals surface area (Å²) in [6, 6.07) is 5.91. The monoisotopic (exact) mass is 454 g/mol. The van der Waals surface area contributed by atoms with Crippen LogP contribution in [-0.4, -0.2) is 32.8 Å². The minimum absolute atomic E-state index is 0.134. The van der Waals surface area contributed by atoms with Crippen LogP contribution in [0.1, 0.15) is 29.8 Å². The van der Waals surface area contributed by atoms with Crippen LogP contribution < -0.4 is 4.72 Å². The molecule has 11 heteroatoms. The van der Waals surface area contributed by atoms with Gasteiger partial charge < -0.3 is 4.90 Å². The summed E-state index contributed by atoms with van der Waals surface area (Å²) in [5.74, 6) is -0.296. The molecule has 2 aromatic rings. The molecule has 0 spiro atoms. The van der Waals surface area contributed by atoms with E-state index in [4.69, 9.17) is 11.6 Å². The van der Waals surface area contributed by atoms with Crippen molar-refractivity contribution in [3.05, 3.63) is 51.2 Å². The first kappa shape index (κ1) is 22.7. The van der Waals surface area contributed by atoms with E-state index in [1.165, 1.54) is 16.2 Å². The molecule has 0 aliphatic heterocycles. The van der Waals surface area contributed by atoms with Crippen LogP contribution in [0.25, 0.3) is 0 Å². The number of benzene rings is 1. The largest absolute Gasteiger partial charge is 0.417 e. The molecule has 1 aromatic carbocycles. The Kier molecular flexibility index (Phi) is 7.13. The molecule has 154 valence electrons. The molecule has 28 heavy (non-hydrogen) atoms. The van der Waals surface area contributed by atoms with Crippen molar-refractivity contribution < 1.29 is 26.4 Å². The van der Waals surface area contributed by atoms with Gasteiger partial charge in [-0.05, 0) is 36.6 Å². The van der Waals surface area contributed by atoms with E-state index in [1.54, 1.807) is 7.05 Å². The molecule has 5 nitrogen and oxygen atoms in total. The maximum Gasteiger partial charge on any atom is 0.417 e. The number of alkyl halides is 3. The molecule has 0 aliphatic rings. The number of thiophene rings is 1. The van der Waals surface area contributed by atoms with Crippen molar-refractivity contribution in [1.29, 1.82) is 0 Å². The Hall–Kier alpha value is -1.62. The maximum atomic E-state index is 12.9. The third-order valence-corrected chi connectivity index (χ3v) is 6.94. The molecule has 2 rings (SSSR count). The van der Waals surface area contributed by atoms with Crippen LogP contribution in [0.3, 0.4) is 0 Å². The van der Waals surface area contributed by atoms with Crippen LogP contribution in [0.2, 0.25) is 5.02 Å². The number of carbonyl (C=O) groups is 1. The van der Waals surface area contributed by atoms with Crippen LogP contribution in [-0.2, 0) is 21.0 Å². The van der Waals surface area contributed by atoms with E-state index in [2.05, 4.69) is 4.72 Å². The van der Waals surface area contributed by atoms with Gasteiger partial charge in [0.05, 0.1) is 21.5 Å². The summed E-state index contributed by atoms with van der Waals surface area (Å²) in [6.45, 7) is 1.60. The molecular weight excluding hydrogens is 437 g/mol. The fraction of sp³-hybridized carbons (Fsp3) is 0.353. The van der Waals surface area contributed by atoms with Crippen molar-refractivity contribution in [2.45, 2.75) is 30.5 Å². The Morgan fingerprint density at radius 1 is 1.32 bits per heavy atom. The second kappa shape index (κ2) is 8.81. The van der Waals surface area contributed by atoms with Gasteiger partial charge in [0.1, 0.15) is 0 Å². The summed E-state index contributed by atoms with van der Waals surface area (Å²) in [4.78, 5) is 14.2. The van der Waals surface area contributed by atoms with Gasteiger partial charge in [0.15, 0.2) is 0 Å². The molecule has 1 N–H and O–H groups in total. The first-order valence-corrected chi connectivity index (χ1v) is 10.8. The first-order chi connectivity index (χ1) is 12.9. The topological polar surface area (TPSA) is 66.5 Å². The zero-order chi connectivity index (χ0) is 21.1. The lowest BCUT2D eigenvalue weighted by molar-refractivity contribution is -0.137. The molecule has 1 aromatic heterocycles. The average molecular weight is 455 g/mol. The lowest BCUT2D eigenvalue weighted by atomic mass is 10.2. The van der Waals surface area contributed by atoms with Crippen LogP contribution in [0.5, 0.6) is 0 Å². The fourth-order valence-electron chi connectivity index (χ4n) is 2.38. The number of amides is 1. The quantitative estimate of drug-likeness (QED) is 0.678. The lowest BCUT2D eigenvalue weighted by Gasteiger charge is -2.24. The number of halogens is 4. The minimum atomic E-state index is -4.78. The van der Waals surface area contributed by atoms with Gasteiger partial charge in [0.25, 0.3) is 0 Å². The van der Waals surface area contributed by atoms with Gasteiger partial charge in [-0.2, -0.15) is 13.2 Å². The fourth-order valence-corrected chi connectivity index (χ4v) is 4.49. The summed E-state index contributed by atoms with van der Waals surface area (Å²) in [5, 5.41) is 1.30. The van der Waals surface area contributed by atoms with Crippen LogP contribution in [0.4, 0.5) is 13.2 Å². The zero-order valence-corrected chi connectivity index (χ0v) is 17.3. The summed E-state index contributed by atoms with van der Waals surface area (Å²) in [5.41, 5.74) is -1.24. The normalized spacial score (nSPS) is 13.4. The molecule has 0 aliphatic carbocycles. The Morgan fingerprint density at radius 3 is 2.57 bits per heavy atom. The van der Waals surface area contributed by atoms with E-state index in [0.717, 1.165) is 17.0 Å². The van der Waals surface area contributed by atoms with Crippen LogP contribution in [0, 0.1) is 0 Å². The van der Waals surface area contributed by atoms with Crippen LogP contribution >= 0.6 is 22.9 Å². The van der Waals surface area contributed by atoms with E-state index in [-0.39, 0.29) is 24.9 Å². The van der Waals surface area contributed by atoms with Crippen molar-refractivity contribution >= 4 is 38.9 Å². The Balaban J connectivity index is 2.01. The molecule has 0 bridgehead atoms. The standard InChI is InChI=1S/C17H18ClF3N2O3S2/c1-11(15-4-3-9-27-15)23(2)16(24)7-8-22-28(25,26)12-5-6-14(18)13(10-12)17(19,20)21/h3-6,9-11,22H,7-8H2,1-2H3. The summed E-state index contributed by atoms with van der Waals surface area (Å²) in [6.07, 6.45) is -4.91. The van der Waals surface area contributed by atoms with E-state index < -0.39 is 31.7 Å². The third-order valence-electron chi connectivity index (χ3n) is 4.11. The van der Waals surface area contributed by atoms with Gasteiger partial charge in [-0.15, -0.1) is 11.3 Å². The Morgan fingerprint density at radius 2 is 2.00 bits per heavy atom. The highest BCUT2D eigenvalue weighted by atomic mass is 35.5. The van der Waals surface area contributed by atoms with Crippen molar-refractivity contribution in [2.24, 2.45) is 0 Å². The van der Waals surface area contributed by atoms with E-state index in [1.807, 2.05) is 24.4 Å². The second-order valence-electron chi connectivity index (χ2n) is 5.98. The van der Waals surface area contributed by atoms with Crippen molar-refractivity contribution in [3.8, 4) is 0 Å². The average Bonchev–Trinajstić information content (AvgIpc) is 3.14. The van der Waals surface area contributed by atoms with E-state index >= 15 is 0 Å². The molecule has 0 radical (unpaired) electrons. The number of nitrogens with one attached hydrogen (secondary N) is 1. The molecule has 0 fully saturated rings. The number of carbonyl (C=O) groups excluding carboxylic acids is 1. The van der Waals surface area contributed by atoms with Gasteiger partial charge in [-0.3, -0.25) is 4.79 Å². The summed E-state index contributed by atoms with van der Waals surface area (Å²) < 4.78 is 65.4. The molecular formula is C17H18ClF3N2O3S2. The number of nitrogens with zero attached hydrogens (tertiary/aromatic N) is 1. The SMILES string of the molecule is CC(c1cccs1)N(C)C(=O)CCNS(=O)(=O)c1ccc(Cl)c(C(F)(F)F)c1. The van der Waals surface area contributed by atoms with Crippen molar-refractivity contribution in [1.82, 2.24) is 9.62 Å². The van der Waals surface area contributed by atoms with Crippen molar-refractivity contribution in [2.75, 3.05) is 13.6 Å². The molecule has 1 amide bonds. The highest BCUT2D eigenvalue weighted by Crippen LogP contribution is 2.35. The molecule has 0 saturated heterocycles. The molecule has 1 atom stereocenters. The second-order valence-corrected chi connectivity index (χ2v) is 9.14. The van der Waals surface area contributed by atoms with E-state index in [0.29, 0.717) is 6.07 Å². The number of hydrogen-bond donors (Lipinski definition) is 1. The molecule has 1 unspecified atom stereocenters. The van der Waals surface area contributed by atoms with E-state index in [9.17, 15) is 26.4 Å². The predicted octanol–water partition coefficient (Wildman–Crippen LogP) is 4.31. The smallest absolute Gasteiger partial charge is 0.338 e. The van der Waals surface area contributed by atoms with Crippen LogP contribution in [0.15, 0.2) is 40.6 Å². The van der Waals surface area contributed by atoms with Gasteiger partial charge in [0.2, 0.25) is 15.9 Å². The number of rotatable bonds is 7. The van der Waals surface area contributed by atoms with Crippen molar-refractivity contribution in [3.63, 3.8) is 0 Å². The zero-order valence-electron chi connectivity index (χ0n) is 15.0. The van der Waals surface area contributed by atoms with Gasteiger partial charge in [0, 0.05) is 24.9 Å². The lowest BCUT2D eigenvalue weighted by Crippen LogP contribution is -2.33. The number of sulfonamides is 1. The minimum Gasteiger partial charge on any atom is -0.338 e. The highest BCUT2D eigenvalue weighted by molar-refractivity contribution is 7.89.